The van der Waals surface area contributed by atoms with Gasteiger partial charge in [0.15, 0.2) is 4.80 Å². The van der Waals surface area contributed by atoms with Crippen LogP contribution in [0.4, 0.5) is 0 Å². The van der Waals surface area contributed by atoms with Crippen LogP contribution in [0.25, 0.3) is 10.2 Å². The zero-order chi connectivity index (χ0) is 25.6. The van der Waals surface area contributed by atoms with Crippen LogP contribution in [-0.4, -0.2) is 56.5 Å². The van der Waals surface area contributed by atoms with Crippen molar-refractivity contribution in [1.82, 2.24) is 8.87 Å². The zero-order valence-electron chi connectivity index (χ0n) is 20.2. The molecule has 0 unspecified atom stereocenters. The Balaban J connectivity index is 1.99. The molecule has 35 heavy (non-hydrogen) atoms. The molecule has 1 aromatic heterocycles. The third kappa shape index (κ3) is 5.98. The summed E-state index contributed by atoms with van der Waals surface area (Å²) >= 11 is 1.24. The molecule has 11 heteroatoms. The van der Waals surface area contributed by atoms with Gasteiger partial charge in [-0.2, -0.15) is 4.99 Å². The van der Waals surface area contributed by atoms with Crippen LogP contribution < -0.4 is 9.54 Å². The standard InChI is InChI=1S/C24H29N3O6S2/c1-5-7-15-26(3)35(30,31)18-13-11-17(12-14-18)23(29)25-24-27(16-21(28)33-6-2)22-19(32-4)9-8-10-20(22)34-24/h8-14H,5-7,15-16H2,1-4H3. The van der Waals surface area contributed by atoms with Gasteiger partial charge in [0.05, 0.1) is 23.3 Å². The lowest BCUT2D eigenvalue weighted by molar-refractivity contribution is -0.143. The van der Waals surface area contributed by atoms with E-state index in [9.17, 15) is 18.0 Å². The van der Waals surface area contributed by atoms with Crippen molar-refractivity contribution in [1.29, 1.82) is 0 Å². The number of hydrogen-bond acceptors (Lipinski definition) is 7. The van der Waals surface area contributed by atoms with Crippen LogP contribution in [0.3, 0.4) is 0 Å². The first-order chi connectivity index (χ1) is 16.7. The van der Waals surface area contributed by atoms with Gasteiger partial charge in [-0.05, 0) is 49.7 Å². The van der Waals surface area contributed by atoms with Crippen LogP contribution >= 0.6 is 11.3 Å². The van der Waals surface area contributed by atoms with E-state index >= 15 is 0 Å². The van der Waals surface area contributed by atoms with E-state index in [0.29, 0.717) is 22.6 Å². The number of carbonyl (C=O) groups excluding carboxylic acids is 2. The summed E-state index contributed by atoms with van der Waals surface area (Å²) in [6, 6.07) is 11.1. The molecule has 188 valence electrons. The molecule has 0 atom stereocenters. The van der Waals surface area contributed by atoms with Crippen molar-refractivity contribution in [2.75, 3.05) is 27.3 Å². The molecule has 1 amide bonds. The molecule has 0 N–H and O–H groups in total. The highest BCUT2D eigenvalue weighted by Crippen LogP contribution is 2.27. The molecule has 0 radical (unpaired) electrons. The minimum absolute atomic E-state index is 0.108. The zero-order valence-corrected chi connectivity index (χ0v) is 21.8. The normalized spacial score (nSPS) is 12.3. The number of carbonyl (C=O) groups is 2. The number of rotatable bonds is 10. The maximum absolute atomic E-state index is 13.0. The van der Waals surface area contributed by atoms with Gasteiger partial charge in [0.25, 0.3) is 5.91 Å². The molecule has 0 aliphatic carbocycles. The first-order valence-electron chi connectivity index (χ1n) is 11.2. The first kappa shape index (κ1) is 26.6. The average molecular weight is 520 g/mol. The molecule has 0 saturated carbocycles. The summed E-state index contributed by atoms with van der Waals surface area (Å²) in [4.78, 5) is 29.9. The molecule has 0 aliphatic heterocycles. The van der Waals surface area contributed by atoms with Crippen LogP contribution in [0.5, 0.6) is 5.75 Å². The number of aromatic nitrogens is 1. The number of thiazole rings is 1. The number of fused-ring (bicyclic) bond motifs is 1. The first-order valence-corrected chi connectivity index (χ1v) is 13.5. The second kappa shape index (κ2) is 11.6. The fourth-order valence-electron chi connectivity index (χ4n) is 3.43. The van der Waals surface area contributed by atoms with Gasteiger partial charge in [0.1, 0.15) is 17.8 Å². The molecule has 1 heterocycles. The second-order valence-corrected chi connectivity index (χ2v) is 10.8. The number of esters is 1. The molecule has 0 fully saturated rings. The number of para-hydroxylation sites is 1. The number of nitrogens with zero attached hydrogens (tertiary/aromatic N) is 3. The number of ether oxygens (including phenoxy) is 2. The Hall–Kier alpha value is -3.02. The Kier molecular flexibility index (Phi) is 8.82. The maximum Gasteiger partial charge on any atom is 0.326 e. The molecule has 2 aromatic carbocycles. The van der Waals surface area contributed by atoms with E-state index in [1.807, 2.05) is 19.1 Å². The van der Waals surface area contributed by atoms with Crippen LogP contribution in [0.15, 0.2) is 52.4 Å². The van der Waals surface area contributed by atoms with Crippen LogP contribution in [0.1, 0.15) is 37.0 Å². The molecule has 0 spiro atoms. The van der Waals surface area contributed by atoms with E-state index in [1.54, 1.807) is 17.6 Å². The number of hydrogen-bond donors (Lipinski definition) is 0. The Morgan fingerprint density at radius 2 is 1.83 bits per heavy atom. The van der Waals surface area contributed by atoms with E-state index < -0.39 is 21.9 Å². The topological polar surface area (TPSA) is 107 Å². The minimum atomic E-state index is -3.64. The van der Waals surface area contributed by atoms with Crippen molar-refractivity contribution in [2.24, 2.45) is 4.99 Å². The number of unbranched alkanes of at least 4 members (excludes halogenated alkanes) is 1. The third-order valence-corrected chi connectivity index (χ3v) is 8.22. The molecule has 0 saturated heterocycles. The van der Waals surface area contributed by atoms with Crippen molar-refractivity contribution in [3.8, 4) is 5.75 Å². The number of sulfonamides is 1. The number of amides is 1. The summed E-state index contributed by atoms with van der Waals surface area (Å²) in [5.41, 5.74) is 0.864. The predicted octanol–water partition coefficient (Wildman–Crippen LogP) is 3.44. The average Bonchev–Trinajstić information content (AvgIpc) is 3.19. The van der Waals surface area contributed by atoms with E-state index in [2.05, 4.69) is 4.99 Å². The Bertz CT molecular complexity index is 1370. The number of benzene rings is 2. The smallest absolute Gasteiger partial charge is 0.326 e. The lowest BCUT2D eigenvalue weighted by Gasteiger charge is -2.16. The Morgan fingerprint density at radius 3 is 2.46 bits per heavy atom. The third-order valence-electron chi connectivity index (χ3n) is 5.31. The summed E-state index contributed by atoms with van der Waals surface area (Å²) < 4.78 is 39.7. The van der Waals surface area contributed by atoms with Gasteiger partial charge >= 0.3 is 5.97 Å². The summed E-state index contributed by atoms with van der Waals surface area (Å²) in [5.74, 6) is -0.483. The SMILES string of the molecule is CCCCN(C)S(=O)(=O)c1ccc(C(=O)N=c2sc3cccc(OC)c3n2CC(=O)OCC)cc1. The van der Waals surface area contributed by atoms with Crippen molar-refractivity contribution in [2.45, 2.75) is 38.1 Å². The molecule has 0 bridgehead atoms. The Morgan fingerprint density at radius 1 is 1.11 bits per heavy atom. The quantitative estimate of drug-likeness (QED) is 0.380. The second-order valence-electron chi connectivity index (χ2n) is 7.70. The molecule has 3 aromatic rings. The highest BCUT2D eigenvalue weighted by molar-refractivity contribution is 7.89. The highest BCUT2D eigenvalue weighted by Gasteiger charge is 2.21. The molecule has 9 nitrogen and oxygen atoms in total. The summed E-state index contributed by atoms with van der Waals surface area (Å²) in [6.45, 7) is 4.22. The molecule has 3 rings (SSSR count). The molecular formula is C24H29N3O6S2. The fourth-order valence-corrected chi connectivity index (χ4v) is 5.69. The van der Waals surface area contributed by atoms with Gasteiger partial charge in [-0.3, -0.25) is 9.59 Å². The largest absolute Gasteiger partial charge is 0.495 e. The summed E-state index contributed by atoms with van der Waals surface area (Å²) in [7, 11) is -0.574. The van der Waals surface area contributed by atoms with Crippen molar-refractivity contribution in [3.63, 3.8) is 0 Å². The lowest BCUT2D eigenvalue weighted by atomic mass is 10.2. The van der Waals surface area contributed by atoms with Crippen LogP contribution in [0, 0.1) is 0 Å². The lowest BCUT2D eigenvalue weighted by Crippen LogP contribution is -2.27. The van der Waals surface area contributed by atoms with Crippen LogP contribution in [-0.2, 0) is 26.1 Å². The monoisotopic (exact) mass is 519 g/mol. The minimum Gasteiger partial charge on any atom is -0.495 e. The van der Waals surface area contributed by atoms with Gasteiger partial charge in [-0.1, -0.05) is 30.7 Å². The molecule has 0 aliphatic rings. The van der Waals surface area contributed by atoms with E-state index in [1.165, 1.54) is 54.1 Å². The van der Waals surface area contributed by atoms with Crippen molar-refractivity contribution in [3.05, 3.63) is 52.8 Å². The number of methoxy groups -OCH3 is 1. The Labute approximate surface area is 208 Å². The molecular weight excluding hydrogens is 490 g/mol. The van der Waals surface area contributed by atoms with Gasteiger partial charge in [0, 0.05) is 19.2 Å². The van der Waals surface area contributed by atoms with E-state index in [-0.39, 0.29) is 23.6 Å². The fraction of sp³-hybridized carbons (Fsp3) is 0.375. The van der Waals surface area contributed by atoms with Gasteiger partial charge in [-0.25, -0.2) is 12.7 Å². The van der Waals surface area contributed by atoms with Gasteiger partial charge < -0.3 is 14.0 Å². The van der Waals surface area contributed by atoms with E-state index in [4.69, 9.17) is 9.47 Å². The maximum atomic E-state index is 13.0. The summed E-state index contributed by atoms with van der Waals surface area (Å²) in [6.07, 6.45) is 1.64. The predicted molar refractivity (Wildman–Crippen MR) is 134 cm³/mol. The van der Waals surface area contributed by atoms with Gasteiger partial charge in [-0.15, -0.1) is 0 Å². The highest BCUT2D eigenvalue weighted by atomic mass is 32.2. The van der Waals surface area contributed by atoms with Crippen molar-refractivity contribution < 1.29 is 27.5 Å². The van der Waals surface area contributed by atoms with Gasteiger partial charge in [0.2, 0.25) is 10.0 Å². The van der Waals surface area contributed by atoms with Crippen LogP contribution in [0.2, 0.25) is 0 Å². The van der Waals surface area contributed by atoms with Crippen molar-refractivity contribution >= 4 is 43.5 Å². The van der Waals surface area contributed by atoms with E-state index in [0.717, 1.165) is 17.5 Å². The summed E-state index contributed by atoms with van der Waals surface area (Å²) in [5, 5.41) is 0.